The maximum atomic E-state index is 12.7. The Morgan fingerprint density at radius 2 is 2.15 bits per heavy atom. The van der Waals surface area contributed by atoms with E-state index in [1.54, 1.807) is 6.07 Å². The van der Waals surface area contributed by atoms with E-state index in [0.29, 0.717) is 23.1 Å². The van der Waals surface area contributed by atoms with Crippen molar-refractivity contribution in [2.45, 2.75) is 26.8 Å². The standard InChI is InChI=1S/C15H20Cl2N2O/c1-3-19(14(20)15(2)6-7-18-10-15)9-11-4-5-12(16)13(17)8-11/h4-5,8,18H,3,6-7,9-10H2,1-2H3. The molecule has 110 valence electrons. The van der Waals surface area contributed by atoms with Gasteiger partial charge in [-0.1, -0.05) is 29.3 Å². The van der Waals surface area contributed by atoms with Gasteiger partial charge in [-0.15, -0.1) is 0 Å². The van der Waals surface area contributed by atoms with Crippen LogP contribution in [0.1, 0.15) is 25.8 Å². The van der Waals surface area contributed by atoms with Crippen LogP contribution in [0.4, 0.5) is 0 Å². The normalized spacial score (nSPS) is 22.0. The van der Waals surface area contributed by atoms with Gasteiger partial charge in [-0.25, -0.2) is 0 Å². The van der Waals surface area contributed by atoms with Crippen LogP contribution >= 0.6 is 23.2 Å². The predicted molar refractivity (Wildman–Crippen MR) is 83.1 cm³/mol. The number of benzene rings is 1. The lowest BCUT2D eigenvalue weighted by Crippen LogP contribution is -2.43. The average molecular weight is 315 g/mol. The molecule has 0 aromatic heterocycles. The van der Waals surface area contributed by atoms with E-state index in [0.717, 1.165) is 25.1 Å². The summed E-state index contributed by atoms with van der Waals surface area (Å²) >= 11 is 11.9. The zero-order chi connectivity index (χ0) is 14.8. The van der Waals surface area contributed by atoms with Crippen LogP contribution in [0, 0.1) is 5.41 Å². The van der Waals surface area contributed by atoms with E-state index in [1.807, 2.05) is 30.9 Å². The summed E-state index contributed by atoms with van der Waals surface area (Å²) in [4.78, 5) is 14.6. The van der Waals surface area contributed by atoms with Crippen molar-refractivity contribution in [3.63, 3.8) is 0 Å². The molecular formula is C15H20Cl2N2O. The van der Waals surface area contributed by atoms with Gasteiger partial charge >= 0.3 is 0 Å². The smallest absolute Gasteiger partial charge is 0.230 e. The molecular weight excluding hydrogens is 295 g/mol. The molecule has 5 heteroatoms. The van der Waals surface area contributed by atoms with Gasteiger partial charge in [0.2, 0.25) is 5.91 Å². The van der Waals surface area contributed by atoms with E-state index in [4.69, 9.17) is 23.2 Å². The van der Waals surface area contributed by atoms with Crippen molar-refractivity contribution in [2.24, 2.45) is 5.41 Å². The second-order valence-electron chi connectivity index (χ2n) is 5.56. The first kappa shape index (κ1) is 15.6. The second kappa shape index (κ2) is 6.33. The summed E-state index contributed by atoms with van der Waals surface area (Å²) in [5.74, 6) is 0.205. The van der Waals surface area contributed by atoms with Crippen LogP contribution in [0.15, 0.2) is 18.2 Å². The highest BCUT2D eigenvalue weighted by molar-refractivity contribution is 6.42. The summed E-state index contributed by atoms with van der Waals surface area (Å²) in [6.07, 6.45) is 0.893. The van der Waals surface area contributed by atoms with E-state index >= 15 is 0 Å². The third-order valence-corrected chi connectivity index (χ3v) is 4.65. The summed E-state index contributed by atoms with van der Waals surface area (Å²) in [7, 11) is 0. The Morgan fingerprint density at radius 1 is 1.40 bits per heavy atom. The van der Waals surface area contributed by atoms with Crippen LogP contribution in [-0.2, 0) is 11.3 Å². The minimum absolute atomic E-state index is 0.205. The molecule has 1 aliphatic rings. The van der Waals surface area contributed by atoms with Crippen molar-refractivity contribution in [3.05, 3.63) is 33.8 Å². The summed E-state index contributed by atoms with van der Waals surface area (Å²) in [5, 5.41) is 4.33. The number of halogens is 2. The Balaban J connectivity index is 2.12. The van der Waals surface area contributed by atoms with Crippen molar-refractivity contribution in [1.29, 1.82) is 0 Å². The Kier molecular flexibility index (Phi) is 4.95. The first-order valence-corrected chi connectivity index (χ1v) is 7.66. The number of hydrogen-bond donors (Lipinski definition) is 1. The Bertz CT molecular complexity index is 499. The molecule has 0 radical (unpaired) electrons. The van der Waals surface area contributed by atoms with Gasteiger partial charge in [0.1, 0.15) is 0 Å². The Labute approximate surface area is 130 Å². The lowest BCUT2D eigenvalue weighted by molar-refractivity contribution is -0.140. The molecule has 1 aromatic rings. The highest BCUT2D eigenvalue weighted by atomic mass is 35.5. The molecule has 3 nitrogen and oxygen atoms in total. The lowest BCUT2D eigenvalue weighted by atomic mass is 9.88. The molecule has 1 unspecified atom stereocenters. The van der Waals surface area contributed by atoms with E-state index in [-0.39, 0.29) is 11.3 Å². The number of nitrogens with one attached hydrogen (secondary N) is 1. The average Bonchev–Trinajstić information content (AvgIpc) is 2.87. The fourth-order valence-corrected chi connectivity index (χ4v) is 2.89. The van der Waals surface area contributed by atoms with E-state index < -0.39 is 0 Å². The quantitative estimate of drug-likeness (QED) is 0.924. The maximum absolute atomic E-state index is 12.7. The van der Waals surface area contributed by atoms with Crippen LogP contribution in [0.2, 0.25) is 10.0 Å². The van der Waals surface area contributed by atoms with Gasteiger partial charge < -0.3 is 10.2 Å². The zero-order valence-corrected chi connectivity index (χ0v) is 13.4. The molecule has 1 saturated heterocycles. The van der Waals surface area contributed by atoms with Crippen LogP contribution in [0.3, 0.4) is 0 Å². The van der Waals surface area contributed by atoms with Gasteiger partial charge in [-0.3, -0.25) is 4.79 Å². The highest BCUT2D eigenvalue weighted by Gasteiger charge is 2.38. The Hall–Kier alpha value is -0.770. The van der Waals surface area contributed by atoms with E-state index in [2.05, 4.69) is 5.32 Å². The molecule has 1 N–H and O–H groups in total. The minimum Gasteiger partial charge on any atom is -0.338 e. The molecule has 1 atom stereocenters. The minimum atomic E-state index is -0.285. The number of amides is 1. The zero-order valence-electron chi connectivity index (χ0n) is 11.9. The monoisotopic (exact) mass is 314 g/mol. The fraction of sp³-hybridized carbons (Fsp3) is 0.533. The molecule has 1 amide bonds. The van der Waals surface area contributed by atoms with Crippen LogP contribution in [-0.4, -0.2) is 30.4 Å². The lowest BCUT2D eigenvalue weighted by Gasteiger charge is -2.30. The molecule has 1 heterocycles. The SMILES string of the molecule is CCN(Cc1ccc(Cl)c(Cl)c1)C(=O)C1(C)CCNC1. The number of hydrogen-bond acceptors (Lipinski definition) is 2. The van der Waals surface area contributed by atoms with Crippen molar-refractivity contribution in [3.8, 4) is 0 Å². The van der Waals surface area contributed by atoms with Crippen molar-refractivity contribution in [1.82, 2.24) is 10.2 Å². The number of rotatable bonds is 4. The molecule has 0 spiro atoms. The molecule has 2 rings (SSSR count). The summed E-state index contributed by atoms with van der Waals surface area (Å²) in [6.45, 7) is 6.96. The second-order valence-corrected chi connectivity index (χ2v) is 6.37. The summed E-state index contributed by atoms with van der Waals surface area (Å²) < 4.78 is 0. The molecule has 0 bridgehead atoms. The van der Waals surface area contributed by atoms with Gasteiger partial charge in [0, 0.05) is 19.6 Å². The first-order chi connectivity index (χ1) is 9.46. The first-order valence-electron chi connectivity index (χ1n) is 6.90. The third kappa shape index (κ3) is 3.27. The van der Waals surface area contributed by atoms with Gasteiger partial charge in [-0.2, -0.15) is 0 Å². The number of carbonyl (C=O) groups is 1. The van der Waals surface area contributed by atoms with Gasteiger partial charge in [0.15, 0.2) is 0 Å². The molecule has 0 aliphatic carbocycles. The van der Waals surface area contributed by atoms with E-state index in [1.165, 1.54) is 0 Å². The molecule has 1 fully saturated rings. The van der Waals surface area contributed by atoms with Crippen molar-refractivity contribution >= 4 is 29.1 Å². The van der Waals surface area contributed by atoms with Gasteiger partial charge in [-0.05, 0) is 44.5 Å². The summed E-state index contributed by atoms with van der Waals surface area (Å²) in [6, 6.07) is 5.52. The highest BCUT2D eigenvalue weighted by Crippen LogP contribution is 2.29. The van der Waals surface area contributed by atoms with Crippen molar-refractivity contribution < 1.29 is 4.79 Å². The maximum Gasteiger partial charge on any atom is 0.230 e. The predicted octanol–water partition coefficient (Wildman–Crippen LogP) is 3.34. The topological polar surface area (TPSA) is 32.3 Å². The third-order valence-electron chi connectivity index (χ3n) is 3.91. The fourth-order valence-electron chi connectivity index (χ4n) is 2.57. The largest absolute Gasteiger partial charge is 0.338 e. The van der Waals surface area contributed by atoms with E-state index in [9.17, 15) is 4.79 Å². The molecule has 1 aliphatic heterocycles. The van der Waals surface area contributed by atoms with Crippen LogP contribution in [0.25, 0.3) is 0 Å². The number of carbonyl (C=O) groups excluding carboxylic acids is 1. The van der Waals surface area contributed by atoms with Crippen LogP contribution < -0.4 is 5.32 Å². The Morgan fingerprint density at radius 3 is 2.70 bits per heavy atom. The van der Waals surface area contributed by atoms with Gasteiger partial charge in [0.05, 0.1) is 15.5 Å². The number of nitrogens with zero attached hydrogens (tertiary/aromatic N) is 1. The van der Waals surface area contributed by atoms with Gasteiger partial charge in [0.25, 0.3) is 0 Å². The molecule has 1 aromatic carbocycles. The molecule has 20 heavy (non-hydrogen) atoms. The molecule has 0 saturated carbocycles. The summed E-state index contributed by atoms with van der Waals surface area (Å²) in [5.41, 5.74) is 0.718. The van der Waals surface area contributed by atoms with Crippen molar-refractivity contribution in [2.75, 3.05) is 19.6 Å². The van der Waals surface area contributed by atoms with Crippen LogP contribution in [0.5, 0.6) is 0 Å².